The number of hydrogen-bond acceptors (Lipinski definition) is 7. The molecule has 9 atom stereocenters. The van der Waals surface area contributed by atoms with E-state index in [1.54, 1.807) is 0 Å². The molecular formula is C23H43NO6. The summed E-state index contributed by atoms with van der Waals surface area (Å²) >= 11 is 0. The number of morpholine rings is 1. The molecule has 3 heterocycles. The van der Waals surface area contributed by atoms with Crippen LogP contribution in [-0.2, 0) is 18.9 Å². The molecule has 0 bridgehead atoms. The number of hydrogen-bond donors (Lipinski definition) is 2. The maximum absolute atomic E-state index is 6.58. The van der Waals surface area contributed by atoms with Gasteiger partial charge in [0.1, 0.15) is 0 Å². The van der Waals surface area contributed by atoms with Gasteiger partial charge < -0.3 is 18.9 Å². The third kappa shape index (κ3) is 5.37. The Bertz CT molecular complexity index is 502. The molecule has 0 aromatic rings. The van der Waals surface area contributed by atoms with E-state index in [2.05, 4.69) is 32.6 Å². The molecule has 0 radical (unpaired) electrons. The first-order valence-corrected chi connectivity index (χ1v) is 12.0. The highest BCUT2D eigenvalue weighted by Crippen LogP contribution is 2.53. The van der Waals surface area contributed by atoms with Crippen molar-refractivity contribution in [3.05, 3.63) is 0 Å². The SMILES string of the molecule is CC[C@H]1[C@@H](OCC(C)N2CCOCC2)O[C@@H]2OC(C)CC[C@@H]3C2[C@H]1CC[C@H]3C.OO. The van der Waals surface area contributed by atoms with Crippen molar-refractivity contribution >= 4 is 0 Å². The van der Waals surface area contributed by atoms with Crippen molar-refractivity contribution in [3.8, 4) is 0 Å². The Morgan fingerprint density at radius 1 is 1.00 bits per heavy atom. The van der Waals surface area contributed by atoms with Crippen molar-refractivity contribution < 1.29 is 29.5 Å². The Balaban J connectivity index is 0.00000124. The molecule has 3 unspecified atom stereocenters. The molecule has 4 fully saturated rings. The summed E-state index contributed by atoms with van der Waals surface area (Å²) in [6.45, 7) is 13.6. The van der Waals surface area contributed by atoms with Gasteiger partial charge in [0.15, 0.2) is 12.6 Å². The molecule has 4 aliphatic rings. The summed E-state index contributed by atoms with van der Waals surface area (Å²) in [5.41, 5.74) is 0. The average Bonchev–Trinajstić information content (AvgIpc) is 2.95. The molecule has 2 N–H and O–H groups in total. The third-order valence-corrected chi connectivity index (χ3v) is 8.07. The lowest BCUT2D eigenvalue weighted by atomic mass is 9.60. The smallest absolute Gasteiger partial charge is 0.164 e. The van der Waals surface area contributed by atoms with Crippen molar-refractivity contribution in [3.63, 3.8) is 0 Å². The van der Waals surface area contributed by atoms with Gasteiger partial charge in [-0.15, -0.1) is 0 Å². The molecule has 176 valence electrons. The van der Waals surface area contributed by atoms with Crippen LogP contribution < -0.4 is 0 Å². The number of nitrogens with zero attached hydrogens (tertiary/aromatic N) is 1. The second-order valence-corrected chi connectivity index (χ2v) is 9.76. The molecule has 30 heavy (non-hydrogen) atoms. The van der Waals surface area contributed by atoms with E-state index < -0.39 is 0 Å². The highest BCUT2D eigenvalue weighted by Gasteiger charge is 2.53. The van der Waals surface area contributed by atoms with E-state index in [1.807, 2.05) is 0 Å². The van der Waals surface area contributed by atoms with Gasteiger partial charge >= 0.3 is 0 Å². The molecule has 1 aliphatic carbocycles. The highest BCUT2D eigenvalue weighted by molar-refractivity contribution is 4.96. The zero-order chi connectivity index (χ0) is 21.7. The zero-order valence-electron chi connectivity index (χ0n) is 19.2. The van der Waals surface area contributed by atoms with Crippen LogP contribution in [0.25, 0.3) is 0 Å². The lowest BCUT2D eigenvalue weighted by molar-refractivity contribution is -0.338. The molecule has 7 heteroatoms. The predicted octanol–water partition coefficient (Wildman–Crippen LogP) is 3.93. The Morgan fingerprint density at radius 2 is 1.70 bits per heavy atom. The minimum absolute atomic E-state index is 0.0817. The third-order valence-electron chi connectivity index (χ3n) is 8.07. The van der Waals surface area contributed by atoms with Crippen molar-refractivity contribution in [2.75, 3.05) is 32.9 Å². The molecular weight excluding hydrogens is 386 g/mol. The largest absolute Gasteiger partial charge is 0.379 e. The molecule has 3 aliphatic heterocycles. The molecule has 0 aromatic heterocycles. The summed E-state index contributed by atoms with van der Waals surface area (Å²) in [5.74, 6) is 3.26. The molecule has 0 amide bonds. The summed E-state index contributed by atoms with van der Waals surface area (Å²) in [4.78, 5) is 2.47. The monoisotopic (exact) mass is 429 g/mol. The minimum Gasteiger partial charge on any atom is -0.379 e. The molecule has 4 rings (SSSR count). The first-order chi connectivity index (χ1) is 14.6. The zero-order valence-corrected chi connectivity index (χ0v) is 19.2. The van der Waals surface area contributed by atoms with E-state index in [4.69, 9.17) is 29.5 Å². The lowest BCUT2D eigenvalue weighted by Crippen LogP contribution is -2.55. The molecule has 3 saturated heterocycles. The van der Waals surface area contributed by atoms with Crippen LogP contribution in [-0.4, -0.2) is 73.1 Å². The summed E-state index contributed by atoms with van der Waals surface area (Å²) in [7, 11) is 0. The van der Waals surface area contributed by atoms with Crippen LogP contribution in [0.3, 0.4) is 0 Å². The van der Waals surface area contributed by atoms with Gasteiger partial charge in [-0.3, -0.25) is 15.4 Å². The normalized spacial score (nSPS) is 43.0. The molecule has 0 spiro atoms. The second-order valence-electron chi connectivity index (χ2n) is 9.76. The van der Waals surface area contributed by atoms with Gasteiger partial charge in [-0.1, -0.05) is 20.3 Å². The summed E-state index contributed by atoms with van der Waals surface area (Å²) in [6.07, 6.45) is 6.31. The van der Waals surface area contributed by atoms with Gasteiger partial charge in [0.05, 0.1) is 25.9 Å². The van der Waals surface area contributed by atoms with Crippen LogP contribution in [0.4, 0.5) is 0 Å². The van der Waals surface area contributed by atoms with Crippen molar-refractivity contribution in [2.24, 2.45) is 29.6 Å². The molecule has 7 nitrogen and oxygen atoms in total. The van der Waals surface area contributed by atoms with Crippen LogP contribution in [0.5, 0.6) is 0 Å². The maximum Gasteiger partial charge on any atom is 0.164 e. The average molecular weight is 430 g/mol. The van der Waals surface area contributed by atoms with E-state index in [0.29, 0.717) is 23.8 Å². The number of rotatable bonds is 5. The van der Waals surface area contributed by atoms with Gasteiger partial charge in [-0.05, 0) is 57.3 Å². The van der Waals surface area contributed by atoms with Crippen LogP contribution >= 0.6 is 0 Å². The van der Waals surface area contributed by atoms with Crippen molar-refractivity contribution in [1.29, 1.82) is 0 Å². The minimum atomic E-state index is -0.126. The fourth-order valence-corrected chi connectivity index (χ4v) is 6.33. The Kier molecular flexibility index (Phi) is 9.38. The fourth-order valence-electron chi connectivity index (χ4n) is 6.33. The van der Waals surface area contributed by atoms with Gasteiger partial charge in [0, 0.05) is 31.0 Å². The summed E-state index contributed by atoms with van der Waals surface area (Å²) in [6, 6.07) is 0.399. The van der Waals surface area contributed by atoms with E-state index in [9.17, 15) is 0 Å². The first-order valence-electron chi connectivity index (χ1n) is 12.0. The second kappa shape index (κ2) is 11.5. The Hall–Kier alpha value is -0.280. The standard InChI is InChI=1S/C23H41NO4.H2O2/c1-5-18-20-8-6-15(2)19-9-7-17(4)27-23(21(19)20)28-22(18)26-14-16(3)24-10-12-25-13-11-24;1-2/h15-23H,5-14H2,1-4H3;1-2H/t15-,16?,17?,18-,19+,20+,21?,22+,23+;/m1./s1. The Morgan fingerprint density at radius 3 is 2.40 bits per heavy atom. The summed E-state index contributed by atoms with van der Waals surface area (Å²) < 4.78 is 24.9. The van der Waals surface area contributed by atoms with Gasteiger partial charge in [-0.2, -0.15) is 0 Å². The van der Waals surface area contributed by atoms with E-state index in [1.165, 1.54) is 19.3 Å². The Labute approximate surface area is 181 Å². The first kappa shape index (κ1) is 24.4. The van der Waals surface area contributed by atoms with Crippen LogP contribution in [0.2, 0.25) is 0 Å². The highest BCUT2D eigenvalue weighted by atomic mass is 17.0. The van der Waals surface area contributed by atoms with E-state index >= 15 is 0 Å². The van der Waals surface area contributed by atoms with Crippen LogP contribution in [0.1, 0.15) is 59.8 Å². The van der Waals surface area contributed by atoms with Crippen LogP contribution in [0.15, 0.2) is 0 Å². The number of ether oxygens (including phenoxy) is 4. The summed E-state index contributed by atoms with van der Waals surface area (Å²) in [5, 5.41) is 12.0. The lowest BCUT2D eigenvalue weighted by Gasteiger charge is -2.52. The van der Waals surface area contributed by atoms with Gasteiger partial charge in [0.2, 0.25) is 0 Å². The van der Waals surface area contributed by atoms with Crippen molar-refractivity contribution in [1.82, 2.24) is 4.90 Å². The van der Waals surface area contributed by atoms with Gasteiger partial charge in [0.25, 0.3) is 0 Å². The molecule has 1 saturated carbocycles. The van der Waals surface area contributed by atoms with Gasteiger partial charge in [-0.25, -0.2) is 0 Å². The molecule has 0 aromatic carbocycles. The fraction of sp³-hybridized carbons (Fsp3) is 1.00. The van der Waals surface area contributed by atoms with E-state index in [-0.39, 0.29) is 18.7 Å². The van der Waals surface area contributed by atoms with E-state index in [0.717, 1.165) is 57.6 Å². The maximum atomic E-state index is 6.58. The predicted molar refractivity (Wildman–Crippen MR) is 114 cm³/mol. The quantitative estimate of drug-likeness (QED) is 0.506. The van der Waals surface area contributed by atoms with Crippen LogP contribution in [0, 0.1) is 29.6 Å². The van der Waals surface area contributed by atoms with Crippen molar-refractivity contribution in [2.45, 2.75) is 84.5 Å². The topological polar surface area (TPSA) is 80.6 Å².